The highest BCUT2D eigenvalue weighted by atomic mass is 35.5. The lowest BCUT2D eigenvalue weighted by atomic mass is 9.97. The SMILES string of the molecule is Cl.Cl.Cl.Nc1cccc(OCC(O)CN2CCC(COc3ccccc3)CC2)c1N. The van der Waals surface area contributed by atoms with E-state index in [9.17, 15) is 5.11 Å². The van der Waals surface area contributed by atoms with E-state index in [-0.39, 0.29) is 43.8 Å². The summed E-state index contributed by atoms with van der Waals surface area (Å²) in [6, 6.07) is 15.2. The number of anilines is 2. The average molecular weight is 481 g/mol. The fourth-order valence-electron chi connectivity index (χ4n) is 3.29. The molecule has 170 valence electrons. The summed E-state index contributed by atoms with van der Waals surface area (Å²) in [5, 5.41) is 10.3. The molecule has 1 aliphatic heterocycles. The van der Waals surface area contributed by atoms with E-state index < -0.39 is 6.10 Å². The Morgan fingerprint density at radius 3 is 2.27 bits per heavy atom. The van der Waals surface area contributed by atoms with Crippen molar-refractivity contribution in [3.8, 4) is 11.5 Å². The van der Waals surface area contributed by atoms with Gasteiger partial charge in [-0.1, -0.05) is 24.3 Å². The molecule has 1 heterocycles. The van der Waals surface area contributed by atoms with Crippen LogP contribution in [0.15, 0.2) is 48.5 Å². The molecule has 2 aromatic rings. The second-order valence-corrected chi connectivity index (χ2v) is 7.09. The van der Waals surface area contributed by atoms with E-state index in [4.69, 9.17) is 20.9 Å². The number of benzene rings is 2. The second-order valence-electron chi connectivity index (χ2n) is 7.09. The molecule has 0 radical (unpaired) electrons. The van der Waals surface area contributed by atoms with Crippen molar-refractivity contribution in [2.24, 2.45) is 5.92 Å². The van der Waals surface area contributed by atoms with Crippen LogP contribution in [0.2, 0.25) is 0 Å². The molecule has 5 N–H and O–H groups in total. The van der Waals surface area contributed by atoms with Crippen LogP contribution in [0.4, 0.5) is 11.4 Å². The monoisotopic (exact) mass is 479 g/mol. The number of piperidine rings is 1. The number of aliphatic hydroxyl groups is 1. The Kier molecular flexibility index (Phi) is 13.7. The minimum absolute atomic E-state index is 0. The van der Waals surface area contributed by atoms with Gasteiger partial charge >= 0.3 is 0 Å². The van der Waals surface area contributed by atoms with Crippen molar-refractivity contribution in [3.63, 3.8) is 0 Å². The molecule has 1 unspecified atom stereocenters. The maximum absolute atomic E-state index is 10.3. The molecule has 1 saturated heterocycles. The molecule has 6 nitrogen and oxygen atoms in total. The Morgan fingerprint density at radius 1 is 0.933 bits per heavy atom. The van der Waals surface area contributed by atoms with E-state index >= 15 is 0 Å². The Bertz CT molecular complexity index is 717. The standard InChI is InChI=1S/C21H29N3O3.3ClH/c22-19-7-4-8-20(21(19)23)27-15-17(25)13-24-11-9-16(10-12-24)14-26-18-5-2-1-3-6-18;;;/h1-8,16-17,25H,9-15,22-23H2;3*1H. The van der Waals surface area contributed by atoms with Crippen LogP contribution < -0.4 is 20.9 Å². The molecule has 0 bridgehead atoms. The third-order valence-electron chi connectivity index (χ3n) is 4.94. The average Bonchev–Trinajstić information content (AvgIpc) is 2.69. The number of nitrogens with zero attached hydrogens (tertiary/aromatic N) is 1. The molecule has 0 saturated carbocycles. The molecule has 0 aliphatic carbocycles. The van der Waals surface area contributed by atoms with E-state index in [2.05, 4.69) is 4.90 Å². The van der Waals surface area contributed by atoms with Crippen LogP contribution in [-0.2, 0) is 0 Å². The maximum atomic E-state index is 10.3. The number of likely N-dealkylation sites (tertiary alicyclic amines) is 1. The van der Waals surface area contributed by atoms with Crippen LogP contribution in [0.5, 0.6) is 11.5 Å². The lowest BCUT2D eigenvalue weighted by molar-refractivity contribution is 0.0505. The largest absolute Gasteiger partial charge is 0.493 e. The lowest BCUT2D eigenvalue weighted by Gasteiger charge is -2.33. The number of ether oxygens (including phenoxy) is 2. The molecular formula is C21H32Cl3N3O3. The van der Waals surface area contributed by atoms with Gasteiger partial charge in [0.25, 0.3) is 0 Å². The van der Waals surface area contributed by atoms with E-state index in [1.54, 1.807) is 18.2 Å². The van der Waals surface area contributed by atoms with Gasteiger partial charge in [0.1, 0.15) is 24.2 Å². The molecule has 0 amide bonds. The van der Waals surface area contributed by atoms with Crippen LogP contribution in [0, 0.1) is 5.92 Å². The predicted molar refractivity (Wildman–Crippen MR) is 130 cm³/mol. The van der Waals surface area contributed by atoms with Gasteiger partial charge in [0, 0.05) is 6.54 Å². The number of nitrogen functional groups attached to an aromatic ring is 2. The summed E-state index contributed by atoms with van der Waals surface area (Å²) >= 11 is 0. The highest BCUT2D eigenvalue weighted by molar-refractivity contribution is 5.86. The van der Waals surface area contributed by atoms with Gasteiger partial charge in [0.2, 0.25) is 0 Å². The van der Waals surface area contributed by atoms with Gasteiger partial charge in [-0.3, -0.25) is 0 Å². The first-order chi connectivity index (χ1) is 13.1. The summed E-state index contributed by atoms with van der Waals surface area (Å²) in [4.78, 5) is 2.27. The Hall–Kier alpha value is -1.57. The van der Waals surface area contributed by atoms with Gasteiger partial charge < -0.3 is 30.9 Å². The third kappa shape index (κ3) is 8.66. The smallest absolute Gasteiger partial charge is 0.144 e. The zero-order chi connectivity index (χ0) is 19.1. The summed E-state index contributed by atoms with van der Waals surface area (Å²) in [6.45, 7) is 3.46. The fraction of sp³-hybridized carbons (Fsp3) is 0.429. The summed E-state index contributed by atoms with van der Waals surface area (Å²) in [5.41, 5.74) is 12.6. The number of halogens is 3. The van der Waals surface area contributed by atoms with Crippen molar-refractivity contribution in [2.75, 3.05) is 44.3 Å². The van der Waals surface area contributed by atoms with Gasteiger partial charge in [-0.05, 0) is 56.1 Å². The normalized spacial score (nSPS) is 15.1. The number of aliphatic hydroxyl groups excluding tert-OH is 1. The van der Waals surface area contributed by atoms with Crippen molar-refractivity contribution >= 4 is 48.6 Å². The molecule has 30 heavy (non-hydrogen) atoms. The molecular weight excluding hydrogens is 449 g/mol. The molecule has 0 aromatic heterocycles. The maximum Gasteiger partial charge on any atom is 0.144 e. The summed E-state index contributed by atoms with van der Waals surface area (Å²) < 4.78 is 11.5. The van der Waals surface area contributed by atoms with Crippen molar-refractivity contribution < 1.29 is 14.6 Å². The first kappa shape index (κ1) is 28.4. The van der Waals surface area contributed by atoms with Crippen molar-refractivity contribution in [3.05, 3.63) is 48.5 Å². The molecule has 1 aliphatic rings. The number of hydrogen-bond acceptors (Lipinski definition) is 6. The van der Waals surface area contributed by atoms with E-state index in [1.165, 1.54) is 0 Å². The van der Waals surface area contributed by atoms with Crippen molar-refractivity contribution in [1.82, 2.24) is 4.90 Å². The van der Waals surface area contributed by atoms with Crippen LogP contribution in [0.3, 0.4) is 0 Å². The summed E-state index contributed by atoms with van der Waals surface area (Å²) in [5.74, 6) is 2.00. The van der Waals surface area contributed by atoms with E-state index in [0.29, 0.717) is 29.6 Å². The number of para-hydroxylation sites is 2. The quantitative estimate of drug-likeness (QED) is 0.499. The van der Waals surface area contributed by atoms with Crippen LogP contribution in [-0.4, -0.2) is 49.0 Å². The number of β-amino-alcohol motifs (C(OH)–C–C–N with tert-alkyl or cyclic N) is 1. The first-order valence-electron chi connectivity index (χ1n) is 9.47. The number of rotatable bonds is 8. The molecule has 1 fully saturated rings. The first-order valence-corrected chi connectivity index (χ1v) is 9.47. The van der Waals surface area contributed by atoms with Crippen molar-refractivity contribution in [2.45, 2.75) is 18.9 Å². The zero-order valence-electron chi connectivity index (χ0n) is 16.8. The fourth-order valence-corrected chi connectivity index (χ4v) is 3.29. The highest BCUT2D eigenvalue weighted by Gasteiger charge is 2.22. The van der Waals surface area contributed by atoms with Gasteiger partial charge in [-0.15, -0.1) is 37.2 Å². The Labute approximate surface area is 197 Å². The van der Waals surface area contributed by atoms with Crippen LogP contribution >= 0.6 is 37.2 Å². The Balaban J connectivity index is 0.00000280. The third-order valence-corrected chi connectivity index (χ3v) is 4.94. The minimum Gasteiger partial charge on any atom is -0.493 e. The van der Waals surface area contributed by atoms with Gasteiger partial charge in [-0.25, -0.2) is 0 Å². The summed E-state index contributed by atoms with van der Waals surface area (Å²) in [7, 11) is 0. The second kappa shape index (κ2) is 14.4. The minimum atomic E-state index is -0.567. The molecule has 0 spiro atoms. The van der Waals surface area contributed by atoms with Gasteiger partial charge in [-0.2, -0.15) is 0 Å². The molecule has 2 aromatic carbocycles. The topological polar surface area (TPSA) is 94.0 Å². The Morgan fingerprint density at radius 2 is 1.60 bits per heavy atom. The lowest BCUT2D eigenvalue weighted by Crippen LogP contribution is -2.41. The number of nitrogens with two attached hydrogens (primary N) is 2. The highest BCUT2D eigenvalue weighted by Crippen LogP contribution is 2.27. The summed E-state index contributed by atoms with van der Waals surface area (Å²) in [6.07, 6.45) is 1.58. The van der Waals surface area contributed by atoms with Crippen LogP contribution in [0.1, 0.15) is 12.8 Å². The van der Waals surface area contributed by atoms with Gasteiger partial charge in [0.05, 0.1) is 18.0 Å². The molecule has 9 heteroatoms. The van der Waals surface area contributed by atoms with E-state index in [0.717, 1.165) is 38.3 Å². The van der Waals surface area contributed by atoms with Crippen LogP contribution in [0.25, 0.3) is 0 Å². The van der Waals surface area contributed by atoms with E-state index in [1.807, 2.05) is 30.3 Å². The van der Waals surface area contributed by atoms with Crippen molar-refractivity contribution in [1.29, 1.82) is 0 Å². The zero-order valence-corrected chi connectivity index (χ0v) is 19.3. The molecule has 1 atom stereocenters. The predicted octanol–water partition coefficient (Wildman–Crippen LogP) is 3.65. The molecule has 3 rings (SSSR count). The van der Waals surface area contributed by atoms with Gasteiger partial charge in [0.15, 0.2) is 0 Å². The number of hydrogen-bond donors (Lipinski definition) is 3.